The lowest BCUT2D eigenvalue weighted by Gasteiger charge is -2.08. The highest BCUT2D eigenvalue weighted by atomic mass is 16.6. The number of hydrogen-bond acceptors (Lipinski definition) is 5. The van der Waals surface area contributed by atoms with Crippen LogP contribution in [0, 0.1) is 23.7 Å². The van der Waals surface area contributed by atoms with Gasteiger partial charge < -0.3 is 24.3 Å². The Morgan fingerprint density at radius 2 is 1.36 bits per heavy atom. The van der Waals surface area contributed by atoms with Gasteiger partial charge in [0.2, 0.25) is 5.91 Å². The largest absolute Gasteiger partial charge is 0.377 e. The number of nitrogens with one attached hydrogen (secondary N) is 1. The lowest BCUT2D eigenvalue weighted by molar-refractivity contribution is -0.122. The van der Waals surface area contributed by atoms with Gasteiger partial charge in [-0.05, 0) is 5.92 Å². The van der Waals surface area contributed by atoms with Crippen molar-refractivity contribution in [2.24, 2.45) is 11.8 Å². The Morgan fingerprint density at radius 1 is 0.840 bits per heavy atom. The van der Waals surface area contributed by atoms with Crippen LogP contribution in [0.5, 0.6) is 0 Å². The summed E-state index contributed by atoms with van der Waals surface area (Å²) in [5.41, 5.74) is 0. The molecule has 0 spiro atoms. The van der Waals surface area contributed by atoms with Crippen LogP contribution in [0.2, 0.25) is 0 Å². The van der Waals surface area contributed by atoms with Gasteiger partial charge in [-0.3, -0.25) is 4.79 Å². The van der Waals surface area contributed by atoms with Crippen LogP contribution < -0.4 is 5.32 Å². The van der Waals surface area contributed by atoms with Gasteiger partial charge in [-0.2, -0.15) is 0 Å². The monoisotopic (exact) mass is 357 g/mol. The maximum atomic E-state index is 11.4. The molecule has 0 saturated heterocycles. The first-order valence-corrected chi connectivity index (χ1v) is 9.08. The van der Waals surface area contributed by atoms with E-state index in [9.17, 15) is 4.79 Å². The summed E-state index contributed by atoms with van der Waals surface area (Å²) in [5.74, 6) is 6.81. The van der Waals surface area contributed by atoms with Crippen molar-refractivity contribution in [3.8, 4) is 11.8 Å². The van der Waals surface area contributed by atoms with E-state index < -0.39 is 0 Å². The number of carbonyl (C=O) groups is 1. The molecule has 0 aliphatic carbocycles. The van der Waals surface area contributed by atoms with Crippen molar-refractivity contribution in [3.05, 3.63) is 0 Å². The van der Waals surface area contributed by atoms with Crippen molar-refractivity contribution in [1.29, 1.82) is 0 Å². The average Bonchev–Trinajstić information content (AvgIpc) is 2.53. The number of carbonyl (C=O) groups excluding carboxylic acids is 1. The first-order valence-electron chi connectivity index (χ1n) is 9.08. The van der Waals surface area contributed by atoms with Gasteiger partial charge in [-0.25, -0.2) is 0 Å². The Bertz CT molecular complexity index is 374. The number of rotatable bonds is 15. The summed E-state index contributed by atoms with van der Waals surface area (Å²) in [4.78, 5) is 11.4. The molecule has 0 unspecified atom stereocenters. The molecule has 25 heavy (non-hydrogen) atoms. The smallest absolute Gasteiger partial charge is 0.220 e. The van der Waals surface area contributed by atoms with Crippen LogP contribution >= 0.6 is 0 Å². The van der Waals surface area contributed by atoms with Gasteiger partial charge in [0.05, 0.1) is 46.2 Å². The molecule has 0 fully saturated rings. The third-order valence-electron chi connectivity index (χ3n) is 2.84. The van der Waals surface area contributed by atoms with Crippen molar-refractivity contribution < 1.29 is 23.7 Å². The average molecular weight is 357 g/mol. The summed E-state index contributed by atoms with van der Waals surface area (Å²) in [6, 6.07) is 0. The summed E-state index contributed by atoms with van der Waals surface area (Å²) in [6.45, 7) is 12.8. The Morgan fingerprint density at radius 3 is 1.88 bits per heavy atom. The van der Waals surface area contributed by atoms with E-state index in [1.54, 1.807) is 0 Å². The third kappa shape index (κ3) is 20.8. The molecule has 0 bridgehead atoms. The molecule has 0 heterocycles. The molecule has 0 rings (SSSR count). The summed E-state index contributed by atoms with van der Waals surface area (Å²) in [6.07, 6.45) is 0.555. The predicted octanol–water partition coefficient (Wildman–Crippen LogP) is 1.87. The Labute approximate surface area is 152 Å². The van der Waals surface area contributed by atoms with E-state index in [-0.39, 0.29) is 5.91 Å². The van der Waals surface area contributed by atoms with Crippen LogP contribution in [-0.4, -0.2) is 65.3 Å². The Balaban J connectivity index is 3.15. The number of amides is 1. The quantitative estimate of drug-likeness (QED) is 0.358. The first-order chi connectivity index (χ1) is 12.0. The van der Waals surface area contributed by atoms with Crippen LogP contribution in [0.4, 0.5) is 0 Å². The lowest BCUT2D eigenvalue weighted by Crippen LogP contribution is -2.28. The van der Waals surface area contributed by atoms with Gasteiger partial charge in [0.1, 0.15) is 6.61 Å². The lowest BCUT2D eigenvalue weighted by atomic mass is 10.1. The molecule has 0 aromatic heterocycles. The summed E-state index contributed by atoms with van der Waals surface area (Å²) >= 11 is 0. The van der Waals surface area contributed by atoms with Crippen LogP contribution in [0.15, 0.2) is 0 Å². The molecule has 0 aromatic rings. The molecule has 0 aliphatic rings. The van der Waals surface area contributed by atoms with Gasteiger partial charge in [0.15, 0.2) is 0 Å². The van der Waals surface area contributed by atoms with E-state index in [2.05, 4.69) is 17.2 Å². The molecule has 146 valence electrons. The fourth-order valence-corrected chi connectivity index (χ4v) is 1.73. The third-order valence-corrected chi connectivity index (χ3v) is 2.84. The molecule has 0 saturated carbocycles. The standard InChI is InChI=1S/C19H35NO5/c1-17(2)6-5-8-22-10-12-24-14-15-25-13-11-23-9-7-20-19(21)16-18(3)4/h17-18H,7-16H2,1-4H3,(H,20,21). The molecular weight excluding hydrogens is 322 g/mol. The van der Waals surface area contributed by atoms with Crippen LogP contribution in [-0.2, 0) is 23.7 Å². The number of hydrogen-bond donors (Lipinski definition) is 1. The molecule has 1 N–H and O–H groups in total. The minimum Gasteiger partial charge on any atom is -0.377 e. The van der Waals surface area contributed by atoms with E-state index >= 15 is 0 Å². The normalized spacial score (nSPS) is 10.8. The van der Waals surface area contributed by atoms with E-state index in [0.717, 1.165) is 0 Å². The highest BCUT2D eigenvalue weighted by molar-refractivity contribution is 5.75. The molecular formula is C19H35NO5. The maximum absolute atomic E-state index is 11.4. The highest BCUT2D eigenvalue weighted by Gasteiger charge is 2.03. The second-order valence-electron chi connectivity index (χ2n) is 6.31. The van der Waals surface area contributed by atoms with Crippen molar-refractivity contribution in [3.63, 3.8) is 0 Å². The van der Waals surface area contributed by atoms with Gasteiger partial charge in [0.25, 0.3) is 0 Å². The second kappa shape index (κ2) is 17.7. The molecule has 6 heteroatoms. The van der Waals surface area contributed by atoms with E-state index in [0.29, 0.717) is 77.7 Å². The minimum absolute atomic E-state index is 0.0722. The molecule has 1 amide bonds. The molecule has 0 radical (unpaired) electrons. The number of ether oxygens (including phenoxy) is 4. The van der Waals surface area contributed by atoms with Crippen molar-refractivity contribution in [1.82, 2.24) is 5.32 Å². The van der Waals surface area contributed by atoms with Crippen LogP contribution in [0.25, 0.3) is 0 Å². The van der Waals surface area contributed by atoms with Gasteiger partial charge in [0, 0.05) is 18.9 Å². The van der Waals surface area contributed by atoms with Gasteiger partial charge in [-0.1, -0.05) is 39.5 Å². The van der Waals surface area contributed by atoms with Crippen LogP contribution in [0.1, 0.15) is 34.1 Å². The Kier molecular flexibility index (Phi) is 16.9. The van der Waals surface area contributed by atoms with Crippen molar-refractivity contribution in [2.75, 3.05) is 59.4 Å². The maximum Gasteiger partial charge on any atom is 0.220 e. The van der Waals surface area contributed by atoms with Crippen molar-refractivity contribution in [2.45, 2.75) is 34.1 Å². The van der Waals surface area contributed by atoms with E-state index in [1.807, 2.05) is 27.7 Å². The molecule has 6 nitrogen and oxygen atoms in total. The Hall–Kier alpha value is -1.13. The zero-order valence-corrected chi connectivity index (χ0v) is 16.3. The highest BCUT2D eigenvalue weighted by Crippen LogP contribution is 1.97. The molecule has 0 aliphatic heterocycles. The summed E-state index contributed by atoms with van der Waals surface area (Å²) in [7, 11) is 0. The first kappa shape index (κ1) is 23.9. The second-order valence-corrected chi connectivity index (χ2v) is 6.31. The fourth-order valence-electron chi connectivity index (χ4n) is 1.73. The molecule has 0 atom stereocenters. The van der Waals surface area contributed by atoms with Crippen LogP contribution in [0.3, 0.4) is 0 Å². The summed E-state index contributed by atoms with van der Waals surface area (Å²) in [5, 5.41) is 2.82. The molecule has 0 aromatic carbocycles. The predicted molar refractivity (Wildman–Crippen MR) is 98.4 cm³/mol. The SMILES string of the molecule is CC(C)C#CCOCCOCCOCCOCCNC(=O)CC(C)C. The van der Waals surface area contributed by atoms with Gasteiger partial charge >= 0.3 is 0 Å². The minimum atomic E-state index is 0.0722. The van der Waals surface area contributed by atoms with E-state index in [1.165, 1.54) is 0 Å². The fraction of sp³-hybridized carbons (Fsp3) is 0.842. The summed E-state index contributed by atoms with van der Waals surface area (Å²) < 4.78 is 21.5. The van der Waals surface area contributed by atoms with E-state index in [4.69, 9.17) is 18.9 Å². The topological polar surface area (TPSA) is 66.0 Å². The van der Waals surface area contributed by atoms with Crippen molar-refractivity contribution >= 4 is 5.91 Å². The zero-order chi connectivity index (χ0) is 18.8. The zero-order valence-electron chi connectivity index (χ0n) is 16.3. The van der Waals surface area contributed by atoms with Gasteiger partial charge in [-0.15, -0.1) is 0 Å².